The number of pyridine rings is 1. The van der Waals surface area contributed by atoms with Crippen molar-refractivity contribution in [3.8, 4) is 0 Å². The van der Waals surface area contributed by atoms with Crippen LogP contribution in [-0.2, 0) is 11.3 Å². The molecule has 0 bridgehead atoms. The van der Waals surface area contributed by atoms with Gasteiger partial charge in [-0.05, 0) is 31.9 Å². The highest BCUT2D eigenvalue weighted by atomic mass is 16.2. The molecule has 0 radical (unpaired) electrons. The fraction of sp³-hybridized carbons (Fsp3) is 0.538. The molecule has 4 heteroatoms. The van der Waals surface area contributed by atoms with Crippen molar-refractivity contribution in [2.45, 2.75) is 32.4 Å². The van der Waals surface area contributed by atoms with Gasteiger partial charge in [0.05, 0.1) is 11.7 Å². The standard InChI is InChI=1S/C13H19N3O/c1-11(13(17)16-8-4-5-9-16)15-10-12-6-2-3-7-14-12/h2-3,6-7,11,15H,4-5,8-10H2,1H3. The lowest BCUT2D eigenvalue weighted by Crippen LogP contribution is -2.43. The summed E-state index contributed by atoms with van der Waals surface area (Å²) in [5.41, 5.74) is 0.966. The first-order chi connectivity index (χ1) is 8.27. The zero-order chi connectivity index (χ0) is 12.1. The van der Waals surface area contributed by atoms with Crippen molar-refractivity contribution < 1.29 is 4.79 Å². The second-order valence-corrected chi connectivity index (χ2v) is 4.46. The Hall–Kier alpha value is -1.42. The summed E-state index contributed by atoms with van der Waals surface area (Å²) in [4.78, 5) is 18.2. The molecule has 4 nitrogen and oxygen atoms in total. The smallest absolute Gasteiger partial charge is 0.239 e. The third-order valence-electron chi connectivity index (χ3n) is 3.10. The van der Waals surface area contributed by atoms with Crippen LogP contribution in [-0.4, -0.2) is 34.9 Å². The van der Waals surface area contributed by atoms with E-state index in [0.29, 0.717) is 6.54 Å². The van der Waals surface area contributed by atoms with Crippen LogP contribution in [0.15, 0.2) is 24.4 Å². The number of hydrogen-bond acceptors (Lipinski definition) is 3. The quantitative estimate of drug-likeness (QED) is 0.849. The summed E-state index contributed by atoms with van der Waals surface area (Å²) < 4.78 is 0. The van der Waals surface area contributed by atoms with Crippen LogP contribution in [0.4, 0.5) is 0 Å². The summed E-state index contributed by atoms with van der Waals surface area (Å²) in [5.74, 6) is 0.207. The van der Waals surface area contributed by atoms with Crippen molar-refractivity contribution in [3.05, 3.63) is 30.1 Å². The minimum Gasteiger partial charge on any atom is -0.341 e. The van der Waals surface area contributed by atoms with E-state index in [0.717, 1.165) is 31.6 Å². The molecule has 0 saturated carbocycles. The largest absolute Gasteiger partial charge is 0.341 e. The highest BCUT2D eigenvalue weighted by Gasteiger charge is 2.22. The van der Waals surface area contributed by atoms with E-state index in [2.05, 4.69) is 10.3 Å². The maximum Gasteiger partial charge on any atom is 0.239 e. The van der Waals surface area contributed by atoms with Crippen LogP contribution in [0.5, 0.6) is 0 Å². The van der Waals surface area contributed by atoms with Gasteiger partial charge in [-0.2, -0.15) is 0 Å². The van der Waals surface area contributed by atoms with Crippen LogP contribution < -0.4 is 5.32 Å². The molecule has 0 aliphatic carbocycles. The van der Waals surface area contributed by atoms with Gasteiger partial charge in [-0.3, -0.25) is 9.78 Å². The van der Waals surface area contributed by atoms with Crippen LogP contribution in [0.2, 0.25) is 0 Å². The summed E-state index contributed by atoms with van der Waals surface area (Å²) >= 11 is 0. The molecule has 1 aromatic rings. The van der Waals surface area contributed by atoms with E-state index in [1.165, 1.54) is 0 Å². The first-order valence-electron chi connectivity index (χ1n) is 6.19. The Bertz CT molecular complexity index is 360. The summed E-state index contributed by atoms with van der Waals surface area (Å²) in [5, 5.41) is 3.22. The number of rotatable bonds is 4. The number of carbonyl (C=O) groups excluding carboxylic acids is 1. The predicted octanol–water partition coefficient (Wildman–Crippen LogP) is 1.18. The zero-order valence-electron chi connectivity index (χ0n) is 10.2. The van der Waals surface area contributed by atoms with Crippen molar-refractivity contribution in [2.24, 2.45) is 0 Å². The first kappa shape index (κ1) is 12.0. The summed E-state index contributed by atoms with van der Waals surface area (Å²) in [6.45, 7) is 4.38. The Balaban J connectivity index is 1.80. The maximum atomic E-state index is 12.0. The minimum atomic E-state index is -0.130. The molecular formula is C13H19N3O. The van der Waals surface area contributed by atoms with Crippen molar-refractivity contribution in [1.29, 1.82) is 0 Å². The van der Waals surface area contributed by atoms with E-state index in [9.17, 15) is 4.79 Å². The molecule has 1 atom stereocenters. The molecule has 1 unspecified atom stereocenters. The van der Waals surface area contributed by atoms with Gasteiger partial charge in [-0.25, -0.2) is 0 Å². The van der Waals surface area contributed by atoms with E-state index in [1.54, 1.807) is 6.20 Å². The molecule has 1 saturated heterocycles. The molecule has 1 fully saturated rings. The molecule has 1 aromatic heterocycles. The van der Waals surface area contributed by atoms with E-state index < -0.39 is 0 Å². The normalized spacial score (nSPS) is 17.1. The molecule has 1 amide bonds. The summed E-state index contributed by atoms with van der Waals surface area (Å²) in [6, 6.07) is 5.68. The van der Waals surface area contributed by atoms with E-state index in [-0.39, 0.29) is 11.9 Å². The van der Waals surface area contributed by atoms with Crippen LogP contribution in [0.25, 0.3) is 0 Å². The van der Waals surface area contributed by atoms with Crippen LogP contribution in [0, 0.1) is 0 Å². The van der Waals surface area contributed by atoms with E-state index in [1.807, 2.05) is 30.0 Å². The average Bonchev–Trinajstić information content (AvgIpc) is 2.90. The second-order valence-electron chi connectivity index (χ2n) is 4.46. The second kappa shape index (κ2) is 5.77. The first-order valence-corrected chi connectivity index (χ1v) is 6.19. The molecule has 2 heterocycles. The SMILES string of the molecule is CC(NCc1ccccn1)C(=O)N1CCCC1. The molecule has 1 aliphatic rings. The van der Waals surface area contributed by atoms with Gasteiger partial charge in [-0.1, -0.05) is 6.07 Å². The topological polar surface area (TPSA) is 45.2 Å². The molecule has 0 spiro atoms. The van der Waals surface area contributed by atoms with E-state index in [4.69, 9.17) is 0 Å². The van der Waals surface area contributed by atoms with Crippen LogP contribution in [0.1, 0.15) is 25.5 Å². The fourth-order valence-electron chi connectivity index (χ4n) is 2.06. The number of hydrogen-bond donors (Lipinski definition) is 1. The van der Waals surface area contributed by atoms with Gasteiger partial charge in [0.2, 0.25) is 5.91 Å². The predicted molar refractivity (Wildman–Crippen MR) is 66.4 cm³/mol. The molecule has 1 N–H and O–H groups in total. The number of carbonyl (C=O) groups is 1. The molecule has 17 heavy (non-hydrogen) atoms. The zero-order valence-corrected chi connectivity index (χ0v) is 10.2. The highest BCUT2D eigenvalue weighted by molar-refractivity contribution is 5.81. The van der Waals surface area contributed by atoms with Crippen molar-refractivity contribution in [2.75, 3.05) is 13.1 Å². The van der Waals surface area contributed by atoms with Crippen molar-refractivity contribution in [1.82, 2.24) is 15.2 Å². The lowest BCUT2D eigenvalue weighted by molar-refractivity contribution is -0.131. The van der Waals surface area contributed by atoms with Crippen molar-refractivity contribution >= 4 is 5.91 Å². The molecule has 0 aromatic carbocycles. The van der Waals surface area contributed by atoms with Gasteiger partial charge in [0.15, 0.2) is 0 Å². The average molecular weight is 233 g/mol. The Labute approximate surface area is 102 Å². The van der Waals surface area contributed by atoms with E-state index >= 15 is 0 Å². The number of nitrogens with one attached hydrogen (secondary N) is 1. The van der Waals surface area contributed by atoms with Gasteiger partial charge in [0, 0.05) is 25.8 Å². The Morgan fingerprint density at radius 2 is 2.24 bits per heavy atom. The fourth-order valence-corrected chi connectivity index (χ4v) is 2.06. The maximum absolute atomic E-state index is 12.0. The molecule has 1 aliphatic heterocycles. The van der Waals surface area contributed by atoms with Gasteiger partial charge in [0.25, 0.3) is 0 Å². The molecular weight excluding hydrogens is 214 g/mol. The summed E-state index contributed by atoms with van der Waals surface area (Å²) in [7, 11) is 0. The molecule has 2 rings (SSSR count). The Morgan fingerprint density at radius 1 is 1.47 bits per heavy atom. The highest BCUT2D eigenvalue weighted by Crippen LogP contribution is 2.09. The lowest BCUT2D eigenvalue weighted by atomic mass is 10.2. The Morgan fingerprint density at radius 3 is 2.88 bits per heavy atom. The minimum absolute atomic E-state index is 0.130. The van der Waals surface area contributed by atoms with Gasteiger partial charge in [0.1, 0.15) is 0 Å². The number of likely N-dealkylation sites (tertiary alicyclic amines) is 1. The number of amides is 1. The monoisotopic (exact) mass is 233 g/mol. The van der Waals surface area contributed by atoms with Gasteiger partial charge >= 0.3 is 0 Å². The lowest BCUT2D eigenvalue weighted by Gasteiger charge is -2.21. The van der Waals surface area contributed by atoms with Crippen LogP contribution >= 0.6 is 0 Å². The van der Waals surface area contributed by atoms with Crippen molar-refractivity contribution in [3.63, 3.8) is 0 Å². The Kier molecular flexibility index (Phi) is 4.09. The summed E-state index contributed by atoms with van der Waals surface area (Å²) in [6.07, 6.45) is 4.04. The number of aromatic nitrogens is 1. The molecule has 92 valence electrons. The third kappa shape index (κ3) is 3.27. The van der Waals surface area contributed by atoms with Gasteiger partial charge in [-0.15, -0.1) is 0 Å². The third-order valence-corrected chi connectivity index (χ3v) is 3.10. The van der Waals surface area contributed by atoms with Crippen LogP contribution in [0.3, 0.4) is 0 Å². The van der Waals surface area contributed by atoms with Gasteiger partial charge < -0.3 is 10.2 Å². The number of nitrogens with zero attached hydrogens (tertiary/aromatic N) is 2.